The van der Waals surface area contributed by atoms with E-state index in [0.29, 0.717) is 48.9 Å². The second-order valence-electron chi connectivity index (χ2n) is 5.54. The Balaban J connectivity index is 1.87. The van der Waals surface area contributed by atoms with Gasteiger partial charge in [0.25, 0.3) is 5.56 Å². The molecule has 0 aliphatic carbocycles. The molecule has 2 heterocycles. The van der Waals surface area contributed by atoms with E-state index in [9.17, 15) is 9.59 Å². The Morgan fingerprint density at radius 3 is 2.88 bits per heavy atom. The number of hydrogen-bond donors (Lipinski definition) is 0. The van der Waals surface area contributed by atoms with Crippen molar-refractivity contribution < 1.29 is 9.53 Å². The van der Waals surface area contributed by atoms with Gasteiger partial charge in [0, 0.05) is 23.2 Å². The predicted octanol–water partition coefficient (Wildman–Crippen LogP) is 2.14. The first-order chi connectivity index (χ1) is 12.1. The number of allylic oxidation sites excluding steroid dienone is 1. The number of aromatic nitrogens is 2. The van der Waals surface area contributed by atoms with Crippen LogP contribution in [0.15, 0.2) is 40.8 Å². The normalized spacial score (nSPS) is 14.7. The van der Waals surface area contributed by atoms with Crippen LogP contribution >= 0.6 is 34.4 Å². The summed E-state index contributed by atoms with van der Waals surface area (Å²) in [5, 5.41) is 1.12. The third-order valence-corrected chi connectivity index (χ3v) is 5.51. The molecule has 132 valence electrons. The minimum Gasteiger partial charge on any atom is -0.378 e. The molecule has 0 unspecified atom stereocenters. The van der Waals surface area contributed by atoms with Crippen LogP contribution in [0.3, 0.4) is 0 Å². The maximum Gasteiger partial charge on any atom is 0.262 e. The first-order valence-corrected chi connectivity index (χ1v) is 9.96. The van der Waals surface area contributed by atoms with Gasteiger partial charge in [0.05, 0.1) is 29.9 Å². The first-order valence-electron chi connectivity index (χ1n) is 7.89. The van der Waals surface area contributed by atoms with Crippen LogP contribution in [0.25, 0.3) is 10.9 Å². The summed E-state index contributed by atoms with van der Waals surface area (Å²) in [6.45, 7) is 6.45. The van der Waals surface area contributed by atoms with Crippen LogP contribution in [0.4, 0.5) is 0 Å². The number of benzene rings is 1. The van der Waals surface area contributed by atoms with E-state index in [1.807, 2.05) is 18.2 Å². The second kappa shape index (κ2) is 8.33. The molecule has 0 atom stereocenters. The van der Waals surface area contributed by atoms with Crippen LogP contribution in [0, 0.1) is 3.57 Å². The number of thioether (sulfide) groups is 1. The zero-order chi connectivity index (χ0) is 17.8. The number of ether oxygens (including phenoxy) is 1. The Labute approximate surface area is 163 Å². The Bertz CT molecular complexity index is 862. The monoisotopic (exact) mass is 471 g/mol. The number of carbonyl (C=O) groups excluding carboxylic acids is 1. The molecule has 0 N–H and O–H groups in total. The molecule has 8 heteroatoms. The quantitative estimate of drug-likeness (QED) is 0.290. The lowest BCUT2D eigenvalue weighted by atomic mass is 10.2. The molecule has 1 amide bonds. The molecule has 0 radical (unpaired) electrons. The lowest BCUT2D eigenvalue weighted by Crippen LogP contribution is -2.41. The predicted molar refractivity (Wildman–Crippen MR) is 107 cm³/mol. The fraction of sp³-hybridized carbons (Fsp3) is 0.353. The van der Waals surface area contributed by atoms with E-state index in [-0.39, 0.29) is 17.2 Å². The first kappa shape index (κ1) is 18.4. The summed E-state index contributed by atoms with van der Waals surface area (Å²) in [6, 6.07) is 5.59. The van der Waals surface area contributed by atoms with Crippen LogP contribution in [0.2, 0.25) is 0 Å². The molecular weight excluding hydrogens is 453 g/mol. The average Bonchev–Trinajstić information content (AvgIpc) is 2.63. The van der Waals surface area contributed by atoms with E-state index < -0.39 is 0 Å². The van der Waals surface area contributed by atoms with Crippen molar-refractivity contribution in [3.8, 4) is 0 Å². The van der Waals surface area contributed by atoms with Crippen LogP contribution in [0.5, 0.6) is 0 Å². The van der Waals surface area contributed by atoms with Crippen LogP contribution < -0.4 is 5.56 Å². The maximum atomic E-state index is 12.8. The van der Waals surface area contributed by atoms with Crippen molar-refractivity contribution in [3.63, 3.8) is 0 Å². The summed E-state index contributed by atoms with van der Waals surface area (Å²) in [7, 11) is 0. The minimum atomic E-state index is -0.107. The highest BCUT2D eigenvalue weighted by Crippen LogP contribution is 2.20. The Morgan fingerprint density at radius 1 is 1.40 bits per heavy atom. The number of fused-ring (bicyclic) bond motifs is 1. The van der Waals surface area contributed by atoms with E-state index in [1.165, 1.54) is 11.8 Å². The smallest absolute Gasteiger partial charge is 0.262 e. The zero-order valence-electron chi connectivity index (χ0n) is 13.6. The standard InChI is InChI=1S/C17H18IN3O3S/c1-2-5-21-16(23)13-10-12(18)3-4-14(13)19-17(21)25-11-15(22)20-6-8-24-9-7-20/h2-4,10H,1,5-9,11H2. The molecule has 3 rings (SSSR count). The summed E-state index contributed by atoms with van der Waals surface area (Å²) in [5.41, 5.74) is 0.539. The lowest BCUT2D eigenvalue weighted by Gasteiger charge is -2.26. The van der Waals surface area contributed by atoms with Gasteiger partial charge in [0.15, 0.2) is 5.16 Å². The Hall–Kier alpha value is -1.39. The molecular formula is C17H18IN3O3S. The molecule has 1 fully saturated rings. The number of hydrogen-bond acceptors (Lipinski definition) is 5. The van der Waals surface area contributed by atoms with Crippen molar-refractivity contribution in [2.24, 2.45) is 0 Å². The molecule has 0 spiro atoms. The van der Waals surface area contributed by atoms with Gasteiger partial charge in [-0.15, -0.1) is 6.58 Å². The average molecular weight is 471 g/mol. The van der Waals surface area contributed by atoms with E-state index in [1.54, 1.807) is 15.5 Å². The van der Waals surface area contributed by atoms with Gasteiger partial charge in [0.2, 0.25) is 5.91 Å². The molecule has 1 aliphatic heterocycles. The Morgan fingerprint density at radius 2 is 2.16 bits per heavy atom. The second-order valence-corrected chi connectivity index (χ2v) is 7.73. The molecule has 6 nitrogen and oxygen atoms in total. The number of morpholine rings is 1. The molecule has 25 heavy (non-hydrogen) atoms. The fourth-order valence-electron chi connectivity index (χ4n) is 2.60. The SMILES string of the molecule is C=CCn1c(SCC(=O)N2CCOCC2)nc2ccc(I)cc2c1=O. The van der Waals surface area contributed by atoms with Gasteiger partial charge in [-0.25, -0.2) is 4.98 Å². The molecule has 0 bridgehead atoms. The highest BCUT2D eigenvalue weighted by Gasteiger charge is 2.18. The van der Waals surface area contributed by atoms with Crippen molar-refractivity contribution in [1.29, 1.82) is 0 Å². The van der Waals surface area contributed by atoms with Crippen LogP contribution in [0.1, 0.15) is 0 Å². The molecule has 2 aromatic rings. The van der Waals surface area contributed by atoms with Crippen molar-refractivity contribution >= 4 is 51.2 Å². The summed E-state index contributed by atoms with van der Waals surface area (Å²) in [5.74, 6) is 0.287. The van der Waals surface area contributed by atoms with Gasteiger partial charge in [-0.1, -0.05) is 17.8 Å². The molecule has 1 aliphatic rings. The maximum absolute atomic E-state index is 12.8. The van der Waals surface area contributed by atoms with E-state index in [4.69, 9.17) is 4.74 Å². The number of rotatable bonds is 5. The highest BCUT2D eigenvalue weighted by atomic mass is 127. The van der Waals surface area contributed by atoms with Crippen molar-refractivity contribution in [2.45, 2.75) is 11.7 Å². The largest absolute Gasteiger partial charge is 0.378 e. The third kappa shape index (κ3) is 4.24. The number of carbonyl (C=O) groups is 1. The van der Waals surface area contributed by atoms with Gasteiger partial charge in [-0.2, -0.15) is 0 Å². The molecule has 1 saturated heterocycles. The zero-order valence-corrected chi connectivity index (χ0v) is 16.6. The third-order valence-electron chi connectivity index (χ3n) is 3.88. The van der Waals surface area contributed by atoms with E-state index in [2.05, 4.69) is 34.2 Å². The van der Waals surface area contributed by atoms with Crippen LogP contribution in [-0.4, -0.2) is 52.4 Å². The number of amides is 1. The minimum absolute atomic E-state index is 0.0374. The molecule has 1 aromatic heterocycles. The van der Waals surface area contributed by atoms with E-state index in [0.717, 1.165) is 3.57 Å². The van der Waals surface area contributed by atoms with Gasteiger partial charge < -0.3 is 9.64 Å². The molecule has 1 aromatic carbocycles. The number of nitrogens with zero attached hydrogens (tertiary/aromatic N) is 3. The Kier molecular flexibility index (Phi) is 6.13. The topological polar surface area (TPSA) is 64.4 Å². The van der Waals surface area contributed by atoms with Crippen molar-refractivity contribution in [2.75, 3.05) is 32.1 Å². The van der Waals surface area contributed by atoms with E-state index >= 15 is 0 Å². The van der Waals surface area contributed by atoms with Gasteiger partial charge in [0.1, 0.15) is 0 Å². The van der Waals surface area contributed by atoms with Crippen molar-refractivity contribution in [1.82, 2.24) is 14.5 Å². The van der Waals surface area contributed by atoms with Crippen molar-refractivity contribution in [3.05, 3.63) is 44.8 Å². The van der Waals surface area contributed by atoms with Gasteiger partial charge >= 0.3 is 0 Å². The summed E-state index contributed by atoms with van der Waals surface area (Å²) in [4.78, 5) is 31.5. The highest BCUT2D eigenvalue weighted by molar-refractivity contribution is 14.1. The van der Waals surface area contributed by atoms with Crippen LogP contribution in [-0.2, 0) is 16.1 Å². The summed E-state index contributed by atoms with van der Waals surface area (Å²) < 4.78 is 7.82. The summed E-state index contributed by atoms with van der Waals surface area (Å²) >= 11 is 3.47. The molecule has 0 saturated carbocycles. The summed E-state index contributed by atoms with van der Waals surface area (Å²) in [6.07, 6.45) is 1.66. The fourth-order valence-corrected chi connectivity index (χ4v) is 4.01. The number of halogens is 1. The van der Waals surface area contributed by atoms with Gasteiger partial charge in [-0.05, 0) is 40.8 Å². The lowest BCUT2D eigenvalue weighted by molar-refractivity contribution is -0.132. The van der Waals surface area contributed by atoms with Gasteiger partial charge in [-0.3, -0.25) is 14.2 Å².